The van der Waals surface area contributed by atoms with Gasteiger partial charge >= 0.3 is 0 Å². The van der Waals surface area contributed by atoms with Crippen molar-refractivity contribution in [3.8, 4) is 11.4 Å². The van der Waals surface area contributed by atoms with Gasteiger partial charge in [0.05, 0.1) is 21.3 Å². The van der Waals surface area contributed by atoms with Crippen molar-refractivity contribution in [3.05, 3.63) is 69.8 Å². The van der Waals surface area contributed by atoms with Gasteiger partial charge in [0.25, 0.3) is 11.5 Å². The van der Waals surface area contributed by atoms with Crippen LogP contribution in [0.25, 0.3) is 21.6 Å². The van der Waals surface area contributed by atoms with E-state index in [1.807, 2.05) is 39.8 Å². The number of nitrogens with zero attached hydrogens (tertiary/aromatic N) is 4. The molecule has 1 amide bonds. The number of thiazole rings is 1. The van der Waals surface area contributed by atoms with Gasteiger partial charge in [-0.15, -0.1) is 11.3 Å². The molecular formula is C22H19N5O2S. The minimum Gasteiger partial charge on any atom is -0.344 e. The summed E-state index contributed by atoms with van der Waals surface area (Å²) in [5.41, 5.74) is 5.03. The number of carbonyl (C=O) groups excluding carboxylic acids is 1. The summed E-state index contributed by atoms with van der Waals surface area (Å²) in [5, 5.41) is 0. The number of benzene rings is 1. The fourth-order valence-corrected chi connectivity index (χ4v) is 5.59. The van der Waals surface area contributed by atoms with Crippen LogP contribution in [0, 0.1) is 5.92 Å². The first-order chi connectivity index (χ1) is 14.7. The molecule has 1 aromatic carbocycles. The molecule has 1 fully saturated rings. The number of fused-ring (bicyclic) bond motifs is 5. The first-order valence-corrected chi connectivity index (χ1v) is 10.9. The van der Waals surface area contributed by atoms with E-state index >= 15 is 0 Å². The number of nitrogens with one attached hydrogen (secondary N) is 1. The average Bonchev–Trinajstić information content (AvgIpc) is 3.45. The predicted molar refractivity (Wildman–Crippen MR) is 115 cm³/mol. The summed E-state index contributed by atoms with van der Waals surface area (Å²) in [5.74, 6) is 1.10. The molecule has 3 aromatic heterocycles. The minimum atomic E-state index is -0.00688. The van der Waals surface area contributed by atoms with Gasteiger partial charge in [-0.05, 0) is 42.7 Å². The van der Waals surface area contributed by atoms with Gasteiger partial charge in [-0.2, -0.15) is 0 Å². The van der Waals surface area contributed by atoms with E-state index in [0.29, 0.717) is 36.6 Å². The maximum absolute atomic E-state index is 13.2. The van der Waals surface area contributed by atoms with Crippen molar-refractivity contribution in [1.82, 2.24) is 24.4 Å². The Morgan fingerprint density at radius 3 is 2.93 bits per heavy atom. The van der Waals surface area contributed by atoms with Gasteiger partial charge in [-0.1, -0.05) is 0 Å². The van der Waals surface area contributed by atoms with Crippen LogP contribution in [-0.2, 0) is 6.54 Å². The lowest BCUT2D eigenvalue weighted by Gasteiger charge is -2.43. The highest BCUT2D eigenvalue weighted by molar-refractivity contribution is 7.16. The Balaban J connectivity index is 1.32. The van der Waals surface area contributed by atoms with Crippen molar-refractivity contribution >= 4 is 27.5 Å². The number of H-pyrrole nitrogens is 1. The highest BCUT2D eigenvalue weighted by Gasteiger charge is 2.37. The largest absolute Gasteiger partial charge is 0.344 e. The number of imidazole rings is 1. The van der Waals surface area contributed by atoms with Gasteiger partial charge < -0.3 is 14.5 Å². The molecule has 2 aliphatic heterocycles. The zero-order valence-electron chi connectivity index (χ0n) is 16.1. The third-order valence-electron chi connectivity index (χ3n) is 6.22. The Morgan fingerprint density at radius 1 is 1.13 bits per heavy atom. The molecule has 8 heteroatoms. The van der Waals surface area contributed by atoms with Gasteiger partial charge in [-0.25, -0.2) is 9.97 Å². The van der Waals surface area contributed by atoms with E-state index in [2.05, 4.69) is 15.0 Å². The molecule has 0 radical (unpaired) electrons. The molecule has 2 aliphatic rings. The molecule has 2 bridgehead atoms. The van der Waals surface area contributed by atoms with Crippen LogP contribution in [0.15, 0.2) is 53.0 Å². The lowest BCUT2D eigenvalue weighted by atomic mass is 9.82. The van der Waals surface area contributed by atoms with Crippen molar-refractivity contribution in [1.29, 1.82) is 0 Å². The number of carbonyl (C=O) groups is 1. The lowest BCUT2D eigenvalue weighted by molar-refractivity contribution is 0.0595. The van der Waals surface area contributed by atoms with Crippen molar-refractivity contribution in [2.75, 3.05) is 13.1 Å². The van der Waals surface area contributed by atoms with Crippen molar-refractivity contribution in [2.24, 2.45) is 5.92 Å². The van der Waals surface area contributed by atoms with E-state index in [4.69, 9.17) is 0 Å². The number of piperidine rings is 1. The molecule has 1 N–H and O–H groups in total. The van der Waals surface area contributed by atoms with Crippen LogP contribution in [0.1, 0.15) is 28.4 Å². The molecule has 0 unspecified atom stereocenters. The molecular weight excluding hydrogens is 398 g/mol. The van der Waals surface area contributed by atoms with Crippen molar-refractivity contribution in [2.45, 2.75) is 18.9 Å². The van der Waals surface area contributed by atoms with E-state index in [1.54, 1.807) is 29.2 Å². The number of aromatic amines is 1. The topological polar surface area (TPSA) is 83.9 Å². The van der Waals surface area contributed by atoms with E-state index in [-0.39, 0.29) is 23.3 Å². The fourth-order valence-electron chi connectivity index (χ4n) is 4.88. The van der Waals surface area contributed by atoms with Gasteiger partial charge in [0, 0.05) is 49.2 Å². The zero-order chi connectivity index (χ0) is 20.2. The fraction of sp³-hybridized carbons (Fsp3) is 0.273. The summed E-state index contributed by atoms with van der Waals surface area (Å²) >= 11 is 1.55. The quantitative estimate of drug-likeness (QED) is 0.543. The normalized spacial score (nSPS) is 20.3. The monoisotopic (exact) mass is 417 g/mol. The summed E-state index contributed by atoms with van der Waals surface area (Å²) in [6, 6.07) is 9.59. The van der Waals surface area contributed by atoms with Gasteiger partial charge in [0.15, 0.2) is 0 Å². The molecule has 150 valence electrons. The van der Waals surface area contributed by atoms with Crippen LogP contribution in [0.4, 0.5) is 0 Å². The number of hydrogen-bond donors (Lipinski definition) is 1. The van der Waals surface area contributed by atoms with Crippen LogP contribution in [0.2, 0.25) is 0 Å². The Morgan fingerprint density at radius 2 is 2.07 bits per heavy atom. The van der Waals surface area contributed by atoms with Gasteiger partial charge in [-0.3, -0.25) is 9.59 Å². The van der Waals surface area contributed by atoms with Crippen LogP contribution >= 0.6 is 11.3 Å². The van der Waals surface area contributed by atoms with E-state index in [9.17, 15) is 9.59 Å². The number of amides is 1. The lowest BCUT2D eigenvalue weighted by Crippen LogP contribution is -2.49. The second kappa shape index (κ2) is 6.63. The van der Waals surface area contributed by atoms with Crippen molar-refractivity contribution in [3.63, 3.8) is 0 Å². The summed E-state index contributed by atoms with van der Waals surface area (Å²) in [6.07, 6.45) is 4.39. The number of rotatable bonds is 2. The third-order valence-corrected chi connectivity index (χ3v) is 7.01. The Bertz CT molecular complexity index is 1320. The second-order valence-corrected chi connectivity index (χ2v) is 8.96. The summed E-state index contributed by atoms with van der Waals surface area (Å²) in [6.45, 7) is 1.94. The van der Waals surface area contributed by atoms with E-state index in [1.165, 1.54) is 0 Å². The highest BCUT2D eigenvalue weighted by Crippen LogP contribution is 2.36. The predicted octanol–water partition coefficient (Wildman–Crippen LogP) is 3.11. The van der Waals surface area contributed by atoms with Gasteiger partial charge in [0.2, 0.25) is 0 Å². The first kappa shape index (κ1) is 17.6. The molecule has 30 heavy (non-hydrogen) atoms. The smallest absolute Gasteiger partial charge is 0.261 e. The number of likely N-dealkylation sites (tertiary alicyclic amines) is 1. The maximum atomic E-state index is 13.2. The molecule has 0 spiro atoms. The Labute approximate surface area is 176 Å². The van der Waals surface area contributed by atoms with Crippen molar-refractivity contribution < 1.29 is 4.79 Å². The molecule has 5 heterocycles. The average molecular weight is 417 g/mol. The standard InChI is InChI=1S/C22H19N5O2S/c28-21(14-1-3-17-19(8-14)30-12-25-17)26-9-13-7-15(11-26)18-4-2-16(20-23-5-6-24-20)22(29)27(18)10-13/h1-6,8,12-13,15H,7,9-11H2,(H,23,24)/t13-,15+/m0/s1. The highest BCUT2D eigenvalue weighted by atomic mass is 32.1. The van der Waals surface area contributed by atoms with Crippen LogP contribution in [-0.4, -0.2) is 43.4 Å². The van der Waals surface area contributed by atoms with Gasteiger partial charge in [0.1, 0.15) is 5.82 Å². The summed E-state index contributed by atoms with van der Waals surface area (Å²) in [4.78, 5) is 39.8. The molecule has 6 rings (SSSR count). The molecule has 0 aliphatic carbocycles. The Hall–Kier alpha value is -3.26. The SMILES string of the molecule is O=C(c1ccc2ncsc2c1)N1C[C@@H]2C[C@H](C1)c1ccc(-c3ncc[nH]3)c(=O)n1C2. The van der Waals surface area contributed by atoms with E-state index < -0.39 is 0 Å². The second-order valence-electron chi connectivity index (χ2n) is 8.07. The van der Waals surface area contributed by atoms with Crippen LogP contribution < -0.4 is 5.56 Å². The first-order valence-electron chi connectivity index (χ1n) is 10.0. The molecule has 4 aromatic rings. The number of hydrogen-bond acceptors (Lipinski definition) is 5. The molecule has 0 saturated carbocycles. The maximum Gasteiger partial charge on any atom is 0.261 e. The molecule has 1 saturated heterocycles. The number of pyridine rings is 1. The van der Waals surface area contributed by atoms with E-state index in [0.717, 1.165) is 22.3 Å². The molecule has 7 nitrogen and oxygen atoms in total. The van der Waals surface area contributed by atoms with Crippen LogP contribution in [0.3, 0.4) is 0 Å². The Kier molecular flexibility index (Phi) is 3.89. The minimum absolute atomic E-state index is 0.00688. The van der Waals surface area contributed by atoms with Crippen LogP contribution in [0.5, 0.6) is 0 Å². The number of aromatic nitrogens is 4. The summed E-state index contributed by atoms with van der Waals surface area (Å²) < 4.78 is 2.92. The zero-order valence-corrected chi connectivity index (χ0v) is 16.9. The molecule has 2 atom stereocenters. The third kappa shape index (κ3) is 2.71. The summed E-state index contributed by atoms with van der Waals surface area (Å²) in [7, 11) is 0.